The summed E-state index contributed by atoms with van der Waals surface area (Å²) >= 11 is 0. The van der Waals surface area contributed by atoms with Gasteiger partial charge in [0.1, 0.15) is 28.7 Å². The monoisotopic (exact) mass is 559 g/mol. The molecular weight excluding hydrogens is 532 g/mol. The molecule has 2 atom stereocenters. The van der Waals surface area contributed by atoms with Gasteiger partial charge >= 0.3 is 5.97 Å². The van der Waals surface area contributed by atoms with E-state index in [-0.39, 0.29) is 17.7 Å². The van der Waals surface area contributed by atoms with Gasteiger partial charge in [-0.05, 0) is 42.3 Å². The number of para-hydroxylation sites is 1. The first-order valence-corrected chi connectivity index (χ1v) is 13.0. The highest BCUT2D eigenvalue weighted by Gasteiger charge is 2.32. The molecule has 4 N–H and O–H groups in total. The number of ether oxygens (including phenoxy) is 1. The fourth-order valence-corrected chi connectivity index (χ4v) is 5.35. The normalized spacial score (nSPS) is 17.3. The first-order valence-electron chi connectivity index (χ1n) is 13.0. The maximum Gasteiger partial charge on any atom is 0.340 e. The molecule has 3 aromatic heterocycles. The Kier molecular flexibility index (Phi) is 6.72. The van der Waals surface area contributed by atoms with Crippen LogP contribution in [0, 0.1) is 11.6 Å². The van der Waals surface area contributed by atoms with E-state index >= 15 is 0 Å². The van der Waals surface area contributed by atoms with E-state index in [1.54, 1.807) is 48.4 Å². The number of hydrogen-bond donors (Lipinski definition) is 3. The Bertz CT molecular complexity index is 1760. The number of aliphatic hydroxyl groups excluding tert-OH is 1. The number of hydrogen-bond acceptors (Lipinski definition) is 8. The summed E-state index contributed by atoms with van der Waals surface area (Å²) < 4.78 is 35.6. The lowest BCUT2D eigenvalue weighted by Crippen LogP contribution is -2.51. The van der Waals surface area contributed by atoms with Crippen molar-refractivity contribution < 1.29 is 23.4 Å². The number of anilines is 1. The van der Waals surface area contributed by atoms with Gasteiger partial charge in [-0.25, -0.2) is 18.6 Å². The molecule has 12 heteroatoms. The maximum absolute atomic E-state index is 14.5. The molecule has 210 valence electrons. The summed E-state index contributed by atoms with van der Waals surface area (Å²) in [5, 5.41) is 15.1. The molecule has 1 aliphatic heterocycles. The molecule has 1 saturated heterocycles. The number of nitrogens with two attached hydrogens (primary N) is 1. The van der Waals surface area contributed by atoms with E-state index in [4.69, 9.17) is 20.4 Å². The number of piperidine rings is 1. The second-order valence-electron chi connectivity index (χ2n) is 9.99. The number of rotatable bonds is 5. The minimum atomic E-state index is -0.844. The highest BCUT2D eigenvalue weighted by molar-refractivity contribution is 6.04. The number of β-amino-alcohol motifs (C(OH)–C–C–N with tert-alkyl or cyclic N) is 1. The predicted molar refractivity (Wildman–Crippen MR) is 149 cm³/mol. The number of fused-ring (bicyclic) bond motifs is 1. The van der Waals surface area contributed by atoms with Crippen LogP contribution in [0.1, 0.15) is 16.8 Å². The van der Waals surface area contributed by atoms with Gasteiger partial charge in [-0.1, -0.05) is 6.07 Å². The first kappa shape index (κ1) is 26.5. The molecule has 0 bridgehead atoms. The maximum atomic E-state index is 14.5. The van der Waals surface area contributed by atoms with E-state index in [0.29, 0.717) is 58.0 Å². The molecule has 0 saturated carbocycles. The molecule has 0 radical (unpaired) electrons. The largest absolute Gasteiger partial charge is 0.465 e. The molecule has 1 fully saturated rings. The number of H-pyrrole nitrogens is 1. The number of aliphatic hydroxyl groups is 1. The lowest BCUT2D eigenvalue weighted by Gasteiger charge is -2.38. The van der Waals surface area contributed by atoms with Crippen molar-refractivity contribution in [1.29, 1.82) is 0 Å². The molecule has 0 amide bonds. The number of benzene rings is 2. The van der Waals surface area contributed by atoms with E-state index in [0.717, 1.165) is 6.07 Å². The van der Waals surface area contributed by atoms with Gasteiger partial charge in [0.15, 0.2) is 0 Å². The van der Waals surface area contributed by atoms with Crippen molar-refractivity contribution in [3.8, 4) is 33.9 Å². The van der Waals surface area contributed by atoms with Crippen molar-refractivity contribution in [2.75, 3.05) is 25.1 Å². The Balaban J connectivity index is 1.70. The van der Waals surface area contributed by atoms with Crippen LogP contribution in [0.3, 0.4) is 0 Å². The van der Waals surface area contributed by atoms with Crippen molar-refractivity contribution in [2.45, 2.75) is 18.6 Å². The van der Waals surface area contributed by atoms with Crippen LogP contribution in [0.25, 0.3) is 44.9 Å². The van der Waals surface area contributed by atoms with Gasteiger partial charge in [0.2, 0.25) is 0 Å². The van der Waals surface area contributed by atoms with Crippen molar-refractivity contribution >= 4 is 22.7 Å². The van der Waals surface area contributed by atoms with E-state index < -0.39 is 29.7 Å². The minimum Gasteiger partial charge on any atom is -0.465 e. The number of pyridine rings is 1. The number of aromatic nitrogens is 5. The standard InChI is InChI=1S/C29H27F2N7O3/c1-37-22(6-8-34-37)26-24(28-35-21-5-3-4-18(25(21)36-28)29(40)41-2)27(38-9-7-20(32)23(39)14-38)19(13-33-26)15-10-16(30)12-17(31)11-15/h3-6,8,10-13,20,23,39H,7,9,14,32H2,1-2H3,(H,35,36)/t20-,23+/m1/s1. The lowest BCUT2D eigenvalue weighted by molar-refractivity contribution is 0.0602. The minimum absolute atomic E-state index is 0.168. The summed E-state index contributed by atoms with van der Waals surface area (Å²) in [6, 6.07) is 9.76. The number of nitrogens with one attached hydrogen (secondary N) is 1. The Morgan fingerprint density at radius 3 is 2.66 bits per heavy atom. The molecule has 0 unspecified atom stereocenters. The number of halogens is 2. The third-order valence-electron chi connectivity index (χ3n) is 7.39. The number of aromatic amines is 1. The molecule has 41 heavy (non-hydrogen) atoms. The molecular formula is C29H27F2N7O3. The molecule has 2 aromatic carbocycles. The Hall–Kier alpha value is -4.68. The molecule has 1 aliphatic rings. The Morgan fingerprint density at radius 2 is 1.98 bits per heavy atom. The second kappa shape index (κ2) is 10.4. The van der Waals surface area contributed by atoms with Crippen LogP contribution in [0.5, 0.6) is 0 Å². The number of esters is 1. The number of carbonyl (C=O) groups is 1. The summed E-state index contributed by atoms with van der Waals surface area (Å²) in [5.74, 6) is -1.67. The van der Waals surface area contributed by atoms with Crippen molar-refractivity contribution in [1.82, 2.24) is 24.7 Å². The van der Waals surface area contributed by atoms with Crippen LogP contribution in [0.4, 0.5) is 14.5 Å². The molecule has 6 rings (SSSR count). The van der Waals surface area contributed by atoms with Gasteiger partial charge in [-0.15, -0.1) is 0 Å². The first-order chi connectivity index (χ1) is 19.7. The number of aryl methyl sites for hydroxylation is 1. The van der Waals surface area contributed by atoms with Crippen LogP contribution in [-0.2, 0) is 11.8 Å². The third kappa shape index (κ3) is 4.70. The summed E-state index contributed by atoms with van der Waals surface area (Å²) in [6.07, 6.45) is 2.82. The molecule has 0 spiro atoms. The van der Waals surface area contributed by atoms with Crippen molar-refractivity contribution in [3.63, 3.8) is 0 Å². The molecule has 4 heterocycles. The highest BCUT2D eigenvalue weighted by Crippen LogP contribution is 2.45. The summed E-state index contributed by atoms with van der Waals surface area (Å²) in [4.78, 5) is 27.3. The third-order valence-corrected chi connectivity index (χ3v) is 7.39. The SMILES string of the molecule is COC(=O)c1cccc2[nH]c(-c3c(-c4ccnn4C)ncc(-c4cc(F)cc(F)c4)c3N3CC[C@@H](N)[C@@H](O)C3)nc12. The smallest absolute Gasteiger partial charge is 0.340 e. The van der Waals surface area contributed by atoms with E-state index in [9.17, 15) is 18.7 Å². The molecule has 10 nitrogen and oxygen atoms in total. The van der Waals surface area contributed by atoms with Gasteiger partial charge in [0.05, 0.1) is 41.2 Å². The predicted octanol–water partition coefficient (Wildman–Crippen LogP) is 3.66. The average Bonchev–Trinajstić information content (AvgIpc) is 3.58. The highest BCUT2D eigenvalue weighted by atomic mass is 19.1. The average molecular weight is 560 g/mol. The zero-order chi connectivity index (χ0) is 28.8. The van der Waals surface area contributed by atoms with Gasteiger partial charge in [-0.3, -0.25) is 9.67 Å². The van der Waals surface area contributed by atoms with Gasteiger partial charge < -0.3 is 25.5 Å². The fraction of sp³-hybridized carbons (Fsp3) is 0.241. The molecule has 0 aliphatic carbocycles. The molecule has 5 aromatic rings. The quantitative estimate of drug-likeness (QED) is 0.278. The summed E-state index contributed by atoms with van der Waals surface area (Å²) in [7, 11) is 3.07. The summed E-state index contributed by atoms with van der Waals surface area (Å²) in [5.41, 5.74) is 10.3. The van der Waals surface area contributed by atoms with Crippen LogP contribution in [0.15, 0.2) is 54.9 Å². The van der Waals surface area contributed by atoms with Crippen molar-refractivity contribution in [2.24, 2.45) is 12.8 Å². The van der Waals surface area contributed by atoms with E-state index in [2.05, 4.69) is 10.1 Å². The Labute approximate surface area is 233 Å². The van der Waals surface area contributed by atoms with Gasteiger partial charge in [-0.2, -0.15) is 5.10 Å². The lowest BCUT2D eigenvalue weighted by atomic mass is 9.95. The number of nitrogens with zero attached hydrogens (tertiary/aromatic N) is 5. The van der Waals surface area contributed by atoms with E-state index in [1.165, 1.54) is 19.2 Å². The van der Waals surface area contributed by atoms with Crippen LogP contribution >= 0.6 is 0 Å². The fourth-order valence-electron chi connectivity index (χ4n) is 5.35. The number of carbonyl (C=O) groups excluding carboxylic acids is 1. The van der Waals surface area contributed by atoms with Crippen molar-refractivity contribution in [3.05, 3.63) is 72.1 Å². The van der Waals surface area contributed by atoms with Crippen LogP contribution < -0.4 is 10.6 Å². The topological polar surface area (TPSA) is 135 Å². The van der Waals surface area contributed by atoms with Crippen LogP contribution in [0.2, 0.25) is 0 Å². The van der Waals surface area contributed by atoms with Gasteiger partial charge in [0, 0.05) is 50.2 Å². The van der Waals surface area contributed by atoms with Gasteiger partial charge in [0.25, 0.3) is 0 Å². The Morgan fingerprint density at radius 1 is 1.20 bits per heavy atom. The number of imidazole rings is 1. The van der Waals surface area contributed by atoms with E-state index in [1.807, 2.05) is 4.90 Å². The summed E-state index contributed by atoms with van der Waals surface area (Å²) in [6.45, 7) is 0.625. The zero-order valence-corrected chi connectivity index (χ0v) is 22.3. The zero-order valence-electron chi connectivity index (χ0n) is 22.3. The second-order valence-corrected chi connectivity index (χ2v) is 9.99. The van der Waals surface area contributed by atoms with Crippen LogP contribution in [-0.4, -0.2) is 68.2 Å². The number of methoxy groups -OCH3 is 1.